The van der Waals surface area contributed by atoms with Gasteiger partial charge in [-0.05, 0) is 12.5 Å². The lowest BCUT2D eigenvalue weighted by molar-refractivity contribution is -0.0513. The van der Waals surface area contributed by atoms with Crippen molar-refractivity contribution in [1.82, 2.24) is 0 Å². The first-order valence-electron chi connectivity index (χ1n) is 3.84. The molecule has 0 aromatic rings. The zero-order valence-corrected chi connectivity index (χ0v) is 6.95. The molecule has 0 amide bonds. The first-order valence-corrected chi connectivity index (χ1v) is 3.84. The lowest BCUT2D eigenvalue weighted by Crippen LogP contribution is -2.41. The third-order valence-electron chi connectivity index (χ3n) is 2.22. The highest BCUT2D eigenvalue weighted by Crippen LogP contribution is 2.25. The van der Waals surface area contributed by atoms with Gasteiger partial charge < -0.3 is 9.84 Å². The van der Waals surface area contributed by atoms with E-state index < -0.39 is 11.7 Å². The van der Waals surface area contributed by atoms with E-state index in [1.165, 1.54) is 0 Å². The molecule has 11 heavy (non-hydrogen) atoms. The zero-order valence-electron chi connectivity index (χ0n) is 6.95. The molecule has 0 saturated carbocycles. The van der Waals surface area contributed by atoms with Crippen LogP contribution in [0.4, 0.5) is 0 Å². The molecule has 0 aliphatic heterocycles. The monoisotopic (exact) mass is 154 g/mol. The van der Waals surface area contributed by atoms with E-state index in [2.05, 4.69) is 0 Å². The maximum atomic E-state index is 9.56. The van der Waals surface area contributed by atoms with Crippen molar-refractivity contribution in [2.75, 3.05) is 7.11 Å². The predicted octanol–water partition coefficient (Wildman–Crippen LogP) is 1.27. The van der Waals surface area contributed by atoms with Gasteiger partial charge in [0.25, 0.3) is 0 Å². The molecule has 0 fully saturated rings. The summed E-state index contributed by atoms with van der Waals surface area (Å²) in [6, 6.07) is 0. The zero-order chi connectivity index (χ0) is 8.32. The minimum Gasteiger partial charge on any atom is -0.386 e. The summed E-state index contributed by atoms with van der Waals surface area (Å²) in [5.41, 5.74) is -0.491. The molecule has 0 heterocycles. The maximum absolute atomic E-state index is 9.56. The largest absolute Gasteiger partial charge is 0.386 e. The van der Waals surface area contributed by atoms with Crippen molar-refractivity contribution in [3.63, 3.8) is 0 Å². The summed E-state index contributed by atoms with van der Waals surface area (Å²) in [4.78, 5) is 0. The average Bonchev–Trinajstić information content (AvgIpc) is 2.06. The minimum atomic E-state index is -0.512. The summed E-state index contributed by atoms with van der Waals surface area (Å²) >= 11 is 0. The number of hydrogen-bond acceptors (Lipinski definition) is 2. The second-order valence-electron chi connectivity index (χ2n) is 2.70. The van der Waals surface area contributed by atoms with Crippen molar-refractivity contribution < 1.29 is 9.84 Å². The molecule has 62 valence electrons. The van der Waals surface area contributed by atoms with E-state index in [0.29, 0.717) is 0 Å². The normalized spacial score (nSPS) is 36.1. The maximum Gasteiger partial charge on any atom is 0.115 e. The fourth-order valence-corrected chi connectivity index (χ4v) is 1.31. The molecule has 0 saturated heterocycles. The molecule has 0 bridgehead atoms. The Morgan fingerprint density at radius 3 is 2.64 bits per heavy atom. The number of methoxy groups -OCH3 is 1. The van der Waals surface area contributed by atoms with E-state index in [1.54, 1.807) is 13.2 Å². The predicted molar refractivity (Wildman–Crippen MR) is 44.3 cm³/mol. The smallest absolute Gasteiger partial charge is 0.115 e. The average molecular weight is 154 g/mol. The van der Waals surface area contributed by atoms with Crippen LogP contribution in [0.15, 0.2) is 24.3 Å². The first-order chi connectivity index (χ1) is 5.25. The Labute approximate surface area is 67.2 Å². The molecule has 1 aliphatic rings. The van der Waals surface area contributed by atoms with Crippen LogP contribution in [0.2, 0.25) is 0 Å². The molecule has 1 rings (SSSR count). The molecule has 2 nitrogen and oxygen atoms in total. The van der Waals surface area contributed by atoms with E-state index >= 15 is 0 Å². The van der Waals surface area contributed by atoms with Crippen molar-refractivity contribution in [3.8, 4) is 0 Å². The molecule has 0 aromatic heterocycles. The molecule has 2 heteroatoms. The summed E-state index contributed by atoms with van der Waals surface area (Å²) in [6.07, 6.45) is 7.65. The van der Waals surface area contributed by atoms with Crippen LogP contribution in [0, 0.1) is 0 Å². The van der Waals surface area contributed by atoms with Gasteiger partial charge in [0.05, 0.1) is 0 Å². The van der Waals surface area contributed by atoms with E-state index in [1.807, 2.05) is 25.2 Å². The van der Waals surface area contributed by atoms with Gasteiger partial charge in [-0.25, -0.2) is 0 Å². The van der Waals surface area contributed by atoms with Gasteiger partial charge >= 0.3 is 0 Å². The van der Waals surface area contributed by atoms with Gasteiger partial charge in [0.2, 0.25) is 0 Å². The van der Waals surface area contributed by atoms with Crippen LogP contribution in [-0.2, 0) is 4.74 Å². The third-order valence-corrected chi connectivity index (χ3v) is 2.22. The van der Waals surface area contributed by atoms with Crippen molar-refractivity contribution in [2.45, 2.75) is 25.0 Å². The summed E-state index contributed by atoms with van der Waals surface area (Å²) in [5, 5.41) is 9.56. The summed E-state index contributed by atoms with van der Waals surface area (Å²) in [7, 11) is 1.62. The minimum absolute atomic E-state index is 0.491. The van der Waals surface area contributed by atoms with Gasteiger partial charge in [-0.1, -0.05) is 25.2 Å². The summed E-state index contributed by atoms with van der Waals surface area (Å²) < 4.78 is 5.25. The van der Waals surface area contributed by atoms with Gasteiger partial charge in [-0.2, -0.15) is 0 Å². The Kier molecular flexibility index (Phi) is 2.47. The summed E-state index contributed by atoms with van der Waals surface area (Å²) in [5.74, 6) is 0. The van der Waals surface area contributed by atoms with Crippen LogP contribution in [0.5, 0.6) is 0 Å². The Balaban J connectivity index is 2.82. The second-order valence-corrected chi connectivity index (χ2v) is 2.70. The van der Waals surface area contributed by atoms with Gasteiger partial charge in [0.1, 0.15) is 11.7 Å². The molecular weight excluding hydrogens is 140 g/mol. The highest BCUT2D eigenvalue weighted by atomic mass is 16.5. The van der Waals surface area contributed by atoms with Crippen LogP contribution in [0.1, 0.15) is 13.3 Å². The Bertz CT molecular complexity index is 178. The molecule has 0 radical (unpaired) electrons. The molecule has 0 aromatic carbocycles. The van der Waals surface area contributed by atoms with Crippen LogP contribution in [0.25, 0.3) is 0 Å². The molecule has 1 N–H and O–H groups in total. The number of ether oxygens (including phenoxy) is 1. The lowest BCUT2D eigenvalue weighted by Gasteiger charge is -2.32. The fraction of sp³-hybridized carbons (Fsp3) is 0.556. The van der Waals surface area contributed by atoms with Crippen molar-refractivity contribution in [1.29, 1.82) is 0 Å². The van der Waals surface area contributed by atoms with Crippen molar-refractivity contribution in [2.24, 2.45) is 0 Å². The number of allylic oxidation sites excluding steroid dienone is 2. The Hall–Kier alpha value is -0.600. The van der Waals surface area contributed by atoms with Gasteiger partial charge in [0.15, 0.2) is 0 Å². The number of aliphatic hydroxyl groups is 1. The highest BCUT2D eigenvalue weighted by Gasteiger charge is 2.32. The third kappa shape index (κ3) is 1.37. The Morgan fingerprint density at radius 2 is 2.27 bits per heavy atom. The van der Waals surface area contributed by atoms with Crippen LogP contribution >= 0.6 is 0 Å². The SMILES string of the molecule is CCC1(OC)C=CC=CC1O. The lowest BCUT2D eigenvalue weighted by atomic mass is 9.89. The van der Waals surface area contributed by atoms with Crippen LogP contribution in [0.3, 0.4) is 0 Å². The van der Waals surface area contributed by atoms with Gasteiger partial charge in [-0.15, -0.1) is 0 Å². The first kappa shape index (κ1) is 8.50. The van der Waals surface area contributed by atoms with E-state index in [4.69, 9.17) is 4.74 Å². The molecule has 1 aliphatic carbocycles. The van der Waals surface area contributed by atoms with E-state index in [9.17, 15) is 5.11 Å². The number of hydrogen-bond donors (Lipinski definition) is 1. The topological polar surface area (TPSA) is 29.5 Å². The second kappa shape index (κ2) is 3.20. The number of rotatable bonds is 2. The summed E-state index contributed by atoms with van der Waals surface area (Å²) in [6.45, 7) is 2.00. The van der Waals surface area contributed by atoms with Crippen molar-refractivity contribution in [3.05, 3.63) is 24.3 Å². The molecule has 2 unspecified atom stereocenters. The molecule has 0 spiro atoms. The van der Waals surface area contributed by atoms with Crippen molar-refractivity contribution >= 4 is 0 Å². The molecular formula is C9H14O2. The fourth-order valence-electron chi connectivity index (χ4n) is 1.31. The standard InChI is InChI=1S/C9H14O2/c1-3-9(11-2)7-5-4-6-8(9)10/h4-8,10H,3H2,1-2H3. The van der Waals surface area contributed by atoms with Gasteiger partial charge in [-0.3, -0.25) is 0 Å². The van der Waals surface area contributed by atoms with Crippen LogP contribution < -0.4 is 0 Å². The quantitative estimate of drug-likeness (QED) is 0.649. The number of aliphatic hydroxyl groups excluding tert-OH is 1. The van der Waals surface area contributed by atoms with E-state index in [-0.39, 0.29) is 0 Å². The van der Waals surface area contributed by atoms with Crippen LogP contribution in [-0.4, -0.2) is 23.9 Å². The highest BCUT2D eigenvalue weighted by molar-refractivity contribution is 5.22. The van der Waals surface area contributed by atoms with E-state index in [0.717, 1.165) is 6.42 Å². The van der Waals surface area contributed by atoms with Gasteiger partial charge in [0, 0.05) is 7.11 Å². The molecule has 2 atom stereocenters. The Morgan fingerprint density at radius 1 is 1.55 bits per heavy atom.